The van der Waals surface area contributed by atoms with Gasteiger partial charge in [-0.15, -0.1) is 0 Å². The van der Waals surface area contributed by atoms with Gasteiger partial charge in [0.05, 0.1) is 6.10 Å². The van der Waals surface area contributed by atoms with Crippen molar-refractivity contribution in [1.82, 2.24) is 5.32 Å². The monoisotopic (exact) mass is 187 g/mol. The van der Waals surface area contributed by atoms with Gasteiger partial charge < -0.3 is 15.5 Å². The average molecular weight is 187 g/mol. The van der Waals surface area contributed by atoms with E-state index in [9.17, 15) is 5.11 Å². The van der Waals surface area contributed by atoms with Crippen LogP contribution in [-0.2, 0) is 0 Å². The lowest BCUT2D eigenvalue weighted by atomic mass is 10.1. The van der Waals surface area contributed by atoms with Crippen LogP contribution in [0.25, 0.3) is 0 Å². The Hall–Kier alpha value is -0.120. The highest BCUT2D eigenvalue weighted by molar-refractivity contribution is 4.78. The van der Waals surface area contributed by atoms with E-state index in [0.29, 0.717) is 0 Å². The fourth-order valence-electron chi connectivity index (χ4n) is 1.89. The van der Waals surface area contributed by atoms with Crippen molar-refractivity contribution in [2.45, 2.75) is 50.7 Å². The first-order valence-electron chi connectivity index (χ1n) is 5.37. The van der Waals surface area contributed by atoms with Crippen molar-refractivity contribution in [2.75, 3.05) is 13.2 Å². The summed E-state index contributed by atoms with van der Waals surface area (Å²) in [6.07, 6.45) is 6.22. The Morgan fingerprint density at radius 2 is 1.92 bits per heavy atom. The summed E-state index contributed by atoms with van der Waals surface area (Å²) in [6.45, 7) is 1.05. The third-order valence-corrected chi connectivity index (χ3v) is 2.72. The van der Waals surface area contributed by atoms with Crippen LogP contribution in [0.1, 0.15) is 38.5 Å². The van der Waals surface area contributed by atoms with Crippen molar-refractivity contribution in [3.63, 3.8) is 0 Å². The van der Waals surface area contributed by atoms with Crippen LogP contribution in [0.5, 0.6) is 0 Å². The maximum Gasteiger partial charge on any atom is 0.0693 e. The molecule has 0 aromatic carbocycles. The number of hydrogen-bond donors (Lipinski definition) is 3. The van der Waals surface area contributed by atoms with E-state index in [1.54, 1.807) is 0 Å². The number of rotatable bonds is 4. The van der Waals surface area contributed by atoms with Gasteiger partial charge in [0.2, 0.25) is 0 Å². The summed E-state index contributed by atoms with van der Waals surface area (Å²) in [5.74, 6) is 0. The molecule has 1 aliphatic rings. The Morgan fingerprint density at radius 1 is 1.15 bits per heavy atom. The van der Waals surface area contributed by atoms with Gasteiger partial charge in [0.25, 0.3) is 0 Å². The molecular formula is C10H21NO2. The van der Waals surface area contributed by atoms with Gasteiger partial charge in [0.1, 0.15) is 0 Å². The molecule has 0 spiro atoms. The van der Waals surface area contributed by atoms with Crippen molar-refractivity contribution in [3.8, 4) is 0 Å². The molecule has 0 bridgehead atoms. The van der Waals surface area contributed by atoms with Gasteiger partial charge in [-0.3, -0.25) is 0 Å². The van der Waals surface area contributed by atoms with E-state index >= 15 is 0 Å². The molecule has 2 atom stereocenters. The highest BCUT2D eigenvalue weighted by Gasteiger charge is 2.20. The molecule has 1 fully saturated rings. The van der Waals surface area contributed by atoms with E-state index in [-0.39, 0.29) is 18.8 Å². The summed E-state index contributed by atoms with van der Waals surface area (Å²) >= 11 is 0. The van der Waals surface area contributed by atoms with Gasteiger partial charge in [-0.05, 0) is 25.8 Å². The molecule has 13 heavy (non-hydrogen) atoms. The van der Waals surface area contributed by atoms with Crippen molar-refractivity contribution < 1.29 is 10.2 Å². The fraction of sp³-hybridized carbons (Fsp3) is 1.00. The SMILES string of the molecule is OCCCNC1CCCCCC1O. The Labute approximate surface area is 80.2 Å². The lowest BCUT2D eigenvalue weighted by Gasteiger charge is -2.21. The van der Waals surface area contributed by atoms with E-state index < -0.39 is 0 Å². The van der Waals surface area contributed by atoms with Crippen LogP contribution in [0.4, 0.5) is 0 Å². The summed E-state index contributed by atoms with van der Waals surface area (Å²) in [6, 6.07) is 0.258. The molecule has 3 N–H and O–H groups in total. The number of aliphatic hydroxyl groups is 2. The third-order valence-electron chi connectivity index (χ3n) is 2.72. The van der Waals surface area contributed by atoms with E-state index in [0.717, 1.165) is 32.2 Å². The summed E-state index contributed by atoms with van der Waals surface area (Å²) in [7, 11) is 0. The zero-order chi connectivity index (χ0) is 9.52. The molecule has 0 aliphatic heterocycles. The average Bonchev–Trinajstić information content (AvgIpc) is 2.32. The molecule has 78 valence electrons. The van der Waals surface area contributed by atoms with Crippen LogP contribution in [-0.4, -0.2) is 35.5 Å². The highest BCUT2D eigenvalue weighted by Crippen LogP contribution is 2.17. The zero-order valence-electron chi connectivity index (χ0n) is 8.21. The lowest BCUT2D eigenvalue weighted by Crippen LogP contribution is -2.39. The van der Waals surface area contributed by atoms with Crippen molar-refractivity contribution >= 4 is 0 Å². The van der Waals surface area contributed by atoms with Gasteiger partial charge in [-0.2, -0.15) is 0 Å². The van der Waals surface area contributed by atoms with Gasteiger partial charge in [0, 0.05) is 12.6 Å². The molecule has 0 radical (unpaired) electrons. The molecule has 1 rings (SSSR count). The second kappa shape index (κ2) is 6.35. The summed E-state index contributed by atoms with van der Waals surface area (Å²) in [5.41, 5.74) is 0. The minimum absolute atomic E-state index is 0.179. The second-order valence-corrected chi connectivity index (χ2v) is 3.84. The minimum atomic E-state index is -0.179. The maximum absolute atomic E-state index is 9.72. The standard InChI is InChI=1S/C10H21NO2/c12-8-4-7-11-9-5-2-1-3-6-10(9)13/h9-13H,1-8H2. The van der Waals surface area contributed by atoms with Crippen molar-refractivity contribution in [3.05, 3.63) is 0 Å². The molecule has 1 aliphatic carbocycles. The molecule has 0 amide bonds. The molecule has 3 nitrogen and oxygen atoms in total. The van der Waals surface area contributed by atoms with Gasteiger partial charge in [-0.25, -0.2) is 0 Å². The molecule has 1 saturated carbocycles. The predicted octanol–water partition coefficient (Wildman–Crippen LogP) is 0.652. The number of aliphatic hydroxyl groups excluding tert-OH is 2. The lowest BCUT2D eigenvalue weighted by molar-refractivity contribution is 0.119. The quantitative estimate of drug-likeness (QED) is 0.447. The van der Waals surface area contributed by atoms with E-state index in [1.807, 2.05) is 0 Å². The van der Waals surface area contributed by atoms with E-state index in [1.165, 1.54) is 12.8 Å². The Bertz CT molecular complexity index is 130. The smallest absolute Gasteiger partial charge is 0.0693 e. The van der Waals surface area contributed by atoms with Crippen molar-refractivity contribution in [2.24, 2.45) is 0 Å². The first-order valence-corrected chi connectivity index (χ1v) is 5.37. The second-order valence-electron chi connectivity index (χ2n) is 3.84. The number of nitrogens with one attached hydrogen (secondary N) is 1. The van der Waals surface area contributed by atoms with Gasteiger partial charge in [0.15, 0.2) is 0 Å². The predicted molar refractivity (Wildman–Crippen MR) is 52.6 cm³/mol. The Balaban J connectivity index is 2.19. The van der Waals surface area contributed by atoms with Crippen LogP contribution >= 0.6 is 0 Å². The molecule has 2 unspecified atom stereocenters. The van der Waals surface area contributed by atoms with Crippen LogP contribution < -0.4 is 5.32 Å². The van der Waals surface area contributed by atoms with Gasteiger partial charge in [-0.1, -0.05) is 19.3 Å². The summed E-state index contributed by atoms with van der Waals surface area (Å²) in [4.78, 5) is 0. The summed E-state index contributed by atoms with van der Waals surface area (Å²) in [5, 5.41) is 21.6. The molecule has 0 saturated heterocycles. The maximum atomic E-state index is 9.72. The molecular weight excluding hydrogens is 166 g/mol. The van der Waals surface area contributed by atoms with Crippen LogP contribution in [0.2, 0.25) is 0 Å². The molecule has 3 heteroatoms. The van der Waals surface area contributed by atoms with E-state index in [2.05, 4.69) is 5.32 Å². The Morgan fingerprint density at radius 3 is 2.69 bits per heavy atom. The number of hydrogen-bond acceptors (Lipinski definition) is 3. The summed E-state index contributed by atoms with van der Waals surface area (Å²) < 4.78 is 0. The van der Waals surface area contributed by atoms with E-state index in [4.69, 9.17) is 5.11 Å². The first-order chi connectivity index (χ1) is 6.34. The van der Waals surface area contributed by atoms with Crippen LogP contribution in [0, 0.1) is 0 Å². The topological polar surface area (TPSA) is 52.5 Å². The third kappa shape index (κ3) is 4.07. The normalized spacial score (nSPS) is 30.0. The minimum Gasteiger partial charge on any atom is -0.396 e. The van der Waals surface area contributed by atoms with Gasteiger partial charge >= 0.3 is 0 Å². The highest BCUT2D eigenvalue weighted by atomic mass is 16.3. The Kier molecular flexibility index (Phi) is 5.35. The van der Waals surface area contributed by atoms with Crippen LogP contribution in [0.15, 0.2) is 0 Å². The first kappa shape index (κ1) is 11.0. The van der Waals surface area contributed by atoms with Crippen molar-refractivity contribution in [1.29, 1.82) is 0 Å². The molecule has 0 aromatic rings. The van der Waals surface area contributed by atoms with Crippen LogP contribution in [0.3, 0.4) is 0 Å². The fourth-order valence-corrected chi connectivity index (χ4v) is 1.89. The zero-order valence-corrected chi connectivity index (χ0v) is 8.21. The molecule has 0 aromatic heterocycles. The largest absolute Gasteiger partial charge is 0.396 e. The molecule has 0 heterocycles.